The van der Waals surface area contributed by atoms with Gasteiger partial charge >= 0.3 is 6.18 Å². The Morgan fingerprint density at radius 3 is 2.52 bits per heavy atom. The van der Waals surface area contributed by atoms with Gasteiger partial charge < -0.3 is 14.8 Å². The van der Waals surface area contributed by atoms with Crippen LogP contribution in [0.25, 0.3) is 0 Å². The van der Waals surface area contributed by atoms with Gasteiger partial charge in [-0.15, -0.1) is 0 Å². The molecule has 0 spiro atoms. The van der Waals surface area contributed by atoms with E-state index in [-0.39, 0.29) is 18.5 Å². The number of carbonyl (C=O) groups excluding carboxylic acids is 1. The van der Waals surface area contributed by atoms with Gasteiger partial charge in [0.25, 0.3) is 0 Å². The van der Waals surface area contributed by atoms with E-state index in [1.807, 2.05) is 18.2 Å². The number of anilines is 1. The Bertz CT molecular complexity index is 884. The fraction of sp³-hybridized carbons (Fsp3) is 0.381. The summed E-state index contributed by atoms with van der Waals surface area (Å²) in [4.78, 5) is 14.5. The highest BCUT2D eigenvalue weighted by Gasteiger charge is 2.31. The van der Waals surface area contributed by atoms with E-state index in [9.17, 15) is 18.0 Å². The normalized spacial score (nSPS) is 19.2. The third-order valence-corrected chi connectivity index (χ3v) is 5.16. The van der Waals surface area contributed by atoms with Crippen molar-refractivity contribution in [2.45, 2.75) is 25.1 Å². The molecule has 0 saturated carbocycles. The van der Waals surface area contributed by atoms with Crippen molar-refractivity contribution in [2.24, 2.45) is 0 Å². The van der Waals surface area contributed by atoms with Crippen LogP contribution in [0, 0.1) is 0 Å². The summed E-state index contributed by atoms with van der Waals surface area (Å²) in [5.74, 6) is 1.19. The Hall–Kier alpha value is -2.74. The van der Waals surface area contributed by atoms with Gasteiger partial charge in [0.1, 0.15) is 13.2 Å². The smallest absolute Gasteiger partial charge is 0.416 e. The quantitative estimate of drug-likeness (QED) is 0.825. The number of fused-ring (bicyclic) bond motifs is 1. The van der Waals surface area contributed by atoms with Crippen molar-refractivity contribution in [2.75, 3.05) is 31.6 Å². The molecule has 2 heterocycles. The van der Waals surface area contributed by atoms with Crippen LogP contribution in [0.15, 0.2) is 42.5 Å². The fourth-order valence-electron chi connectivity index (χ4n) is 3.79. The van der Waals surface area contributed by atoms with Crippen LogP contribution in [0.5, 0.6) is 11.5 Å². The number of nitrogens with zero attached hydrogens (tertiary/aromatic N) is 1. The van der Waals surface area contributed by atoms with Gasteiger partial charge in [-0.2, -0.15) is 13.2 Å². The third-order valence-electron chi connectivity index (χ3n) is 5.16. The molecule has 0 aliphatic carbocycles. The standard InChI is InChI=1S/C21H21F3N2O3/c22-21(23,24)15-4-6-16(7-5-15)25-20(27)13-26-9-1-2-17(26)14-3-8-18-19(12-14)29-11-10-28-18/h3-8,12,17H,1-2,9-11,13H2,(H,25,27). The summed E-state index contributed by atoms with van der Waals surface area (Å²) in [6, 6.07) is 10.4. The molecule has 1 fully saturated rings. The zero-order valence-electron chi connectivity index (χ0n) is 15.7. The lowest BCUT2D eigenvalue weighted by Crippen LogP contribution is -2.33. The highest BCUT2D eigenvalue weighted by atomic mass is 19.4. The lowest BCUT2D eigenvalue weighted by molar-refractivity contribution is -0.137. The Morgan fingerprint density at radius 2 is 1.79 bits per heavy atom. The van der Waals surface area contributed by atoms with Gasteiger partial charge in [0.15, 0.2) is 11.5 Å². The number of likely N-dealkylation sites (tertiary alicyclic amines) is 1. The van der Waals surface area contributed by atoms with Crippen molar-refractivity contribution < 1.29 is 27.4 Å². The van der Waals surface area contributed by atoms with Crippen LogP contribution in [-0.4, -0.2) is 37.1 Å². The van der Waals surface area contributed by atoms with Gasteiger partial charge in [-0.3, -0.25) is 9.69 Å². The molecule has 2 aliphatic rings. The van der Waals surface area contributed by atoms with Crippen molar-refractivity contribution in [1.82, 2.24) is 4.90 Å². The monoisotopic (exact) mass is 406 g/mol. The molecule has 0 radical (unpaired) electrons. The van der Waals surface area contributed by atoms with E-state index >= 15 is 0 Å². The van der Waals surface area contributed by atoms with Crippen LogP contribution in [0.4, 0.5) is 18.9 Å². The number of alkyl halides is 3. The summed E-state index contributed by atoms with van der Waals surface area (Å²) in [7, 11) is 0. The SMILES string of the molecule is O=C(CN1CCCC1c1ccc2c(c1)OCCO2)Nc1ccc(C(F)(F)F)cc1. The fourth-order valence-corrected chi connectivity index (χ4v) is 3.79. The van der Waals surface area contributed by atoms with Gasteiger partial charge in [-0.05, 0) is 61.3 Å². The summed E-state index contributed by atoms with van der Waals surface area (Å²) < 4.78 is 49.2. The first kappa shape index (κ1) is 19.6. The van der Waals surface area contributed by atoms with Crippen molar-refractivity contribution in [3.05, 3.63) is 53.6 Å². The molecule has 0 aromatic heterocycles. The van der Waals surface area contributed by atoms with Crippen LogP contribution in [0.3, 0.4) is 0 Å². The predicted octanol–water partition coefficient (Wildman–Crippen LogP) is 4.25. The number of carbonyl (C=O) groups is 1. The molecule has 0 bridgehead atoms. The van der Waals surface area contributed by atoms with Crippen molar-refractivity contribution >= 4 is 11.6 Å². The molecule has 8 heteroatoms. The minimum atomic E-state index is -4.39. The maximum Gasteiger partial charge on any atom is 0.416 e. The first-order valence-electron chi connectivity index (χ1n) is 9.51. The molecule has 29 heavy (non-hydrogen) atoms. The largest absolute Gasteiger partial charge is 0.486 e. The second kappa shape index (κ2) is 7.94. The molecule has 4 rings (SSSR count). The molecule has 2 aromatic carbocycles. The number of hydrogen-bond acceptors (Lipinski definition) is 4. The number of ether oxygens (including phenoxy) is 2. The Morgan fingerprint density at radius 1 is 1.07 bits per heavy atom. The second-order valence-electron chi connectivity index (χ2n) is 7.15. The lowest BCUT2D eigenvalue weighted by Gasteiger charge is -2.26. The van der Waals surface area contributed by atoms with Gasteiger partial charge in [0, 0.05) is 11.7 Å². The summed E-state index contributed by atoms with van der Waals surface area (Å²) in [5, 5.41) is 2.68. The first-order valence-corrected chi connectivity index (χ1v) is 9.51. The molecule has 1 atom stereocenters. The predicted molar refractivity (Wildman–Crippen MR) is 101 cm³/mol. The van der Waals surface area contributed by atoms with Gasteiger partial charge in [-0.1, -0.05) is 6.07 Å². The average molecular weight is 406 g/mol. The van der Waals surface area contributed by atoms with E-state index in [0.29, 0.717) is 18.9 Å². The van der Waals surface area contributed by atoms with Crippen LogP contribution < -0.4 is 14.8 Å². The maximum atomic E-state index is 12.7. The summed E-state index contributed by atoms with van der Waals surface area (Å²) in [6.45, 7) is 1.99. The number of halogens is 3. The van der Waals surface area contributed by atoms with Crippen LogP contribution >= 0.6 is 0 Å². The van der Waals surface area contributed by atoms with Gasteiger partial charge in [0.05, 0.1) is 12.1 Å². The third kappa shape index (κ3) is 4.48. The number of benzene rings is 2. The molecular formula is C21H21F3N2O3. The number of hydrogen-bond donors (Lipinski definition) is 1. The highest BCUT2D eigenvalue weighted by Crippen LogP contribution is 2.38. The molecule has 5 nitrogen and oxygen atoms in total. The number of rotatable bonds is 4. The van der Waals surface area contributed by atoms with Crippen molar-refractivity contribution in [3.8, 4) is 11.5 Å². The second-order valence-corrected chi connectivity index (χ2v) is 7.15. The van der Waals surface area contributed by atoms with Crippen molar-refractivity contribution in [1.29, 1.82) is 0 Å². The van der Waals surface area contributed by atoms with E-state index in [1.165, 1.54) is 12.1 Å². The zero-order valence-corrected chi connectivity index (χ0v) is 15.7. The highest BCUT2D eigenvalue weighted by molar-refractivity contribution is 5.92. The van der Waals surface area contributed by atoms with E-state index in [4.69, 9.17) is 9.47 Å². The minimum Gasteiger partial charge on any atom is -0.486 e. The molecule has 2 aliphatic heterocycles. The lowest BCUT2D eigenvalue weighted by atomic mass is 10.0. The van der Waals surface area contributed by atoms with Crippen molar-refractivity contribution in [3.63, 3.8) is 0 Å². The molecule has 1 unspecified atom stereocenters. The molecular weight excluding hydrogens is 385 g/mol. The average Bonchev–Trinajstić information content (AvgIpc) is 3.15. The molecule has 1 saturated heterocycles. The molecule has 154 valence electrons. The van der Waals surface area contributed by atoms with Gasteiger partial charge in [-0.25, -0.2) is 0 Å². The summed E-state index contributed by atoms with van der Waals surface area (Å²) in [6.07, 6.45) is -2.51. The van der Waals surface area contributed by atoms with Crippen LogP contribution in [0.2, 0.25) is 0 Å². The Balaban J connectivity index is 1.40. The zero-order chi connectivity index (χ0) is 20.4. The Labute approximate surface area is 166 Å². The summed E-state index contributed by atoms with van der Waals surface area (Å²) >= 11 is 0. The number of amides is 1. The molecule has 1 amide bonds. The topological polar surface area (TPSA) is 50.8 Å². The first-order chi connectivity index (χ1) is 13.9. The molecule has 2 aromatic rings. The van der Waals surface area contributed by atoms with E-state index in [0.717, 1.165) is 48.6 Å². The maximum absolute atomic E-state index is 12.7. The number of nitrogens with one attached hydrogen (secondary N) is 1. The van der Waals surface area contributed by atoms with E-state index in [1.54, 1.807) is 0 Å². The van der Waals surface area contributed by atoms with Crippen LogP contribution in [-0.2, 0) is 11.0 Å². The van der Waals surface area contributed by atoms with E-state index < -0.39 is 11.7 Å². The van der Waals surface area contributed by atoms with Gasteiger partial charge in [0.2, 0.25) is 5.91 Å². The Kier molecular flexibility index (Phi) is 5.36. The summed E-state index contributed by atoms with van der Waals surface area (Å²) in [5.41, 5.74) is 0.667. The molecule has 1 N–H and O–H groups in total. The minimum absolute atomic E-state index is 0.0872. The van der Waals surface area contributed by atoms with Crippen LogP contribution in [0.1, 0.15) is 30.0 Å². The van der Waals surface area contributed by atoms with E-state index in [2.05, 4.69) is 10.2 Å².